The monoisotopic (exact) mass is 428 g/mol. The molecule has 8 heteroatoms. The molecule has 0 aliphatic carbocycles. The zero-order valence-electron chi connectivity index (χ0n) is 17.1. The number of nitro groups is 1. The fourth-order valence-electron chi connectivity index (χ4n) is 5.94. The maximum atomic E-state index is 13.8. The number of ketones is 1. The average molecular weight is 428 g/mol. The van der Waals surface area contributed by atoms with Crippen LogP contribution in [0.4, 0.5) is 5.69 Å². The van der Waals surface area contributed by atoms with Crippen LogP contribution in [0.2, 0.25) is 0 Å². The molecule has 1 saturated heterocycles. The topological polar surface area (TPSA) is 88.3 Å². The Hall–Kier alpha value is -3.94. The number of carbonyl (C=O) groups is 2. The van der Waals surface area contributed by atoms with Crippen LogP contribution in [0.5, 0.6) is 0 Å². The summed E-state index contributed by atoms with van der Waals surface area (Å²) in [7, 11) is 0. The zero-order chi connectivity index (χ0) is 22.0. The molecule has 1 aromatic carbocycles. The van der Waals surface area contributed by atoms with Crippen LogP contribution in [-0.4, -0.2) is 21.5 Å². The molecular weight excluding hydrogens is 408 g/mol. The van der Waals surface area contributed by atoms with Crippen LogP contribution in [0, 0.1) is 16.0 Å². The fourth-order valence-corrected chi connectivity index (χ4v) is 5.94. The summed E-state index contributed by atoms with van der Waals surface area (Å²) in [5.41, 5.74) is 2.13. The summed E-state index contributed by atoms with van der Waals surface area (Å²) >= 11 is 0. The predicted octanol–water partition coefficient (Wildman–Crippen LogP) is 1.60. The van der Waals surface area contributed by atoms with Gasteiger partial charge in [-0.05, 0) is 0 Å². The third-order valence-corrected chi connectivity index (χ3v) is 7.07. The second kappa shape index (κ2) is 6.53. The lowest BCUT2D eigenvalue weighted by Crippen LogP contribution is -2.86. The number of carbonyl (C=O) groups excluding carboxylic acids is 2. The number of rotatable bonds is 2. The van der Waals surface area contributed by atoms with Crippen LogP contribution in [0.1, 0.15) is 29.3 Å². The molecule has 5 heterocycles. The molecule has 1 fully saturated rings. The molecule has 3 aromatic rings. The van der Waals surface area contributed by atoms with E-state index in [4.69, 9.17) is 0 Å². The van der Waals surface area contributed by atoms with Gasteiger partial charge in [0.1, 0.15) is 6.54 Å². The summed E-state index contributed by atoms with van der Waals surface area (Å²) in [6.45, 7) is 0.383. The number of nitrogens with zero attached hydrogens (tertiary/aromatic N) is 4. The van der Waals surface area contributed by atoms with Crippen molar-refractivity contribution in [1.29, 1.82) is 0 Å². The number of fused-ring (bicyclic) bond motifs is 2. The van der Waals surface area contributed by atoms with Gasteiger partial charge in [-0.3, -0.25) is 19.7 Å². The number of piperidine rings is 1. The summed E-state index contributed by atoms with van der Waals surface area (Å²) in [5, 5.41) is 11.8. The van der Waals surface area contributed by atoms with Crippen LogP contribution in [0.25, 0.3) is 0 Å². The number of Topliss-reactive ketones (excluding diaryl/α,β-unsaturated/α-hetero) is 1. The van der Waals surface area contributed by atoms with Gasteiger partial charge in [-0.2, -0.15) is 0 Å². The molecule has 3 atom stereocenters. The summed E-state index contributed by atoms with van der Waals surface area (Å²) in [6.07, 6.45) is 4.08. The molecule has 3 aliphatic rings. The van der Waals surface area contributed by atoms with E-state index >= 15 is 0 Å². The van der Waals surface area contributed by atoms with Crippen molar-refractivity contribution in [2.24, 2.45) is 5.92 Å². The van der Waals surface area contributed by atoms with Crippen molar-refractivity contribution in [3.63, 3.8) is 0 Å². The molecule has 1 amide bonds. The molecule has 1 spiro atoms. The van der Waals surface area contributed by atoms with Crippen molar-refractivity contribution in [1.82, 2.24) is 4.90 Å². The summed E-state index contributed by atoms with van der Waals surface area (Å²) in [5.74, 6) is -2.50. The van der Waals surface area contributed by atoms with Gasteiger partial charge in [0.2, 0.25) is 11.6 Å². The Labute approximate surface area is 183 Å². The van der Waals surface area contributed by atoms with Crippen molar-refractivity contribution >= 4 is 17.4 Å². The Morgan fingerprint density at radius 1 is 0.938 bits per heavy atom. The molecule has 0 bridgehead atoms. The highest BCUT2D eigenvalue weighted by molar-refractivity contribution is 5.89. The minimum Gasteiger partial charge on any atom is -0.298 e. The van der Waals surface area contributed by atoms with Gasteiger partial charge in [0.25, 0.3) is 5.69 Å². The Balaban J connectivity index is 1.69. The number of benzene rings is 1. The fraction of sp³-hybridized carbons (Fsp3) is 0.250. The number of pyridine rings is 2. The maximum Gasteiger partial charge on any atom is 0.462 e. The van der Waals surface area contributed by atoms with Crippen LogP contribution >= 0.6 is 0 Å². The summed E-state index contributed by atoms with van der Waals surface area (Å²) in [4.78, 5) is 40.5. The molecule has 8 nitrogen and oxygen atoms in total. The highest BCUT2D eigenvalue weighted by Crippen LogP contribution is 2.49. The van der Waals surface area contributed by atoms with Crippen molar-refractivity contribution in [3.8, 4) is 0 Å². The second-order valence-electron chi connectivity index (χ2n) is 8.54. The van der Waals surface area contributed by atoms with Crippen molar-refractivity contribution in [2.45, 2.75) is 31.1 Å². The molecule has 3 aliphatic heterocycles. The van der Waals surface area contributed by atoms with Crippen LogP contribution in [-0.2, 0) is 28.3 Å². The van der Waals surface area contributed by atoms with E-state index < -0.39 is 22.5 Å². The van der Waals surface area contributed by atoms with Gasteiger partial charge in [0.15, 0.2) is 29.8 Å². The molecule has 32 heavy (non-hydrogen) atoms. The second-order valence-corrected chi connectivity index (χ2v) is 8.54. The van der Waals surface area contributed by atoms with Crippen LogP contribution in [0.3, 0.4) is 0 Å². The van der Waals surface area contributed by atoms with E-state index in [0.29, 0.717) is 12.1 Å². The first-order chi connectivity index (χ1) is 15.5. The molecular formula is C24H20N4O4+2. The lowest BCUT2D eigenvalue weighted by atomic mass is 9.70. The van der Waals surface area contributed by atoms with Gasteiger partial charge in [0, 0.05) is 48.2 Å². The van der Waals surface area contributed by atoms with Gasteiger partial charge in [-0.1, -0.05) is 30.3 Å². The molecule has 0 radical (unpaired) electrons. The van der Waals surface area contributed by atoms with Crippen molar-refractivity contribution < 1.29 is 23.6 Å². The van der Waals surface area contributed by atoms with E-state index in [2.05, 4.69) is 0 Å². The van der Waals surface area contributed by atoms with Crippen molar-refractivity contribution in [3.05, 3.63) is 100 Å². The first-order valence-electron chi connectivity index (χ1n) is 10.6. The van der Waals surface area contributed by atoms with Gasteiger partial charge in [-0.15, -0.1) is 9.13 Å². The minimum atomic E-state index is -1.10. The number of hydrogen-bond acceptors (Lipinski definition) is 4. The Bertz CT molecular complexity index is 1320. The smallest absolute Gasteiger partial charge is 0.298 e. The number of para-hydroxylation sites is 1. The van der Waals surface area contributed by atoms with Gasteiger partial charge in [0.05, 0.1) is 11.3 Å². The highest BCUT2D eigenvalue weighted by Gasteiger charge is 2.76. The number of aromatic nitrogens is 2. The highest BCUT2D eigenvalue weighted by atomic mass is 16.6. The Kier molecular flexibility index (Phi) is 3.83. The van der Waals surface area contributed by atoms with E-state index in [9.17, 15) is 19.7 Å². The number of nitro benzene ring substituents is 1. The van der Waals surface area contributed by atoms with Gasteiger partial charge < -0.3 is 0 Å². The average Bonchev–Trinajstić information content (AvgIpc) is 3.15. The largest absolute Gasteiger partial charge is 0.462 e. The SMILES string of the molecule is O=C1Cc2cccc[n+]2C23C1C(c1ccccc1[N+](=O)[O-])CC(=O)N2Cc1cccc[n+]13. The number of hydrogen-bond donors (Lipinski definition) is 0. The quantitative estimate of drug-likeness (QED) is 0.352. The lowest BCUT2D eigenvalue weighted by Gasteiger charge is -2.43. The van der Waals surface area contributed by atoms with E-state index in [0.717, 1.165) is 11.4 Å². The first-order valence-corrected chi connectivity index (χ1v) is 10.6. The molecule has 2 aromatic heterocycles. The lowest BCUT2D eigenvalue weighted by molar-refractivity contribution is -1.02. The first kappa shape index (κ1) is 18.8. The van der Waals surface area contributed by atoms with E-state index in [1.54, 1.807) is 23.1 Å². The van der Waals surface area contributed by atoms with E-state index in [-0.39, 0.29) is 30.2 Å². The van der Waals surface area contributed by atoms with Gasteiger partial charge in [-0.25, -0.2) is 4.90 Å². The molecule has 158 valence electrons. The van der Waals surface area contributed by atoms with Crippen LogP contribution < -0.4 is 9.13 Å². The number of amides is 1. The maximum absolute atomic E-state index is 13.8. The summed E-state index contributed by atoms with van der Waals surface area (Å²) in [6, 6.07) is 17.9. The zero-order valence-corrected chi connectivity index (χ0v) is 17.1. The normalized spacial score (nSPS) is 25.6. The third kappa shape index (κ3) is 2.26. The van der Waals surface area contributed by atoms with E-state index in [1.165, 1.54) is 6.07 Å². The predicted molar refractivity (Wildman–Crippen MR) is 110 cm³/mol. The van der Waals surface area contributed by atoms with Crippen LogP contribution in [0.15, 0.2) is 73.1 Å². The van der Waals surface area contributed by atoms with Gasteiger partial charge >= 0.3 is 5.79 Å². The molecule has 0 N–H and O–H groups in total. The molecule has 3 unspecified atom stereocenters. The molecule has 6 rings (SSSR count). The molecule has 0 saturated carbocycles. The standard InChI is InChI=1S/C24H20N4O4/c29-21-13-16-7-3-5-11-25(16)24-23(21)19(18-9-1-2-10-20(18)28(31)32)14-22(30)27(24)15-17-8-4-6-12-26(17)24/h1-12,19,23H,13-15H2/q+2. The Morgan fingerprint density at radius 3 is 2.34 bits per heavy atom. The van der Waals surface area contributed by atoms with E-state index in [1.807, 2.05) is 57.9 Å². The summed E-state index contributed by atoms with van der Waals surface area (Å²) < 4.78 is 4.03. The minimum absolute atomic E-state index is 0.0129. The Morgan fingerprint density at radius 2 is 1.59 bits per heavy atom. The third-order valence-electron chi connectivity index (χ3n) is 7.07. The van der Waals surface area contributed by atoms with Crippen molar-refractivity contribution in [2.75, 3.05) is 0 Å².